The van der Waals surface area contributed by atoms with Crippen LogP contribution in [-0.4, -0.2) is 37.4 Å². The summed E-state index contributed by atoms with van der Waals surface area (Å²) in [6, 6.07) is 0. The molecule has 0 saturated heterocycles. The highest BCUT2D eigenvalue weighted by Crippen LogP contribution is 2.40. The van der Waals surface area contributed by atoms with Crippen LogP contribution >= 0.6 is 0 Å². The number of methoxy groups -OCH3 is 1. The quantitative estimate of drug-likeness (QED) is 0.0623. The first-order valence-corrected chi connectivity index (χ1v) is 26.1. The van der Waals surface area contributed by atoms with Crippen LogP contribution in [0.4, 0.5) is 0 Å². The van der Waals surface area contributed by atoms with E-state index in [1.54, 1.807) is 7.11 Å². The number of hydrogen-bond donors (Lipinski definition) is 1. The molecule has 0 heterocycles. The molecule has 4 heteroatoms. The van der Waals surface area contributed by atoms with Gasteiger partial charge >= 0.3 is 0 Å². The normalized spacial score (nSPS) is 12.9. The smallest absolute Gasteiger partial charge is 0.225 e. The summed E-state index contributed by atoms with van der Waals surface area (Å²) in [5.41, 5.74) is -0.888. The van der Waals surface area contributed by atoms with Crippen molar-refractivity contribution in [2.45, 2.75) is 305 Å². The van der Waals surface area contributed by atoms with Crippen molar-refractivity contribution in [3.63, 3.8) is 0 Å². The summed E-state index contributed by atoms with van der Waals surface area (Å²) in [6.45, 7) is 23.6. The second-order valence-electron chi connectivity index (χ2n) is 21.8. The average molecular weight is 820 g/mol. The number of rotatable bonds is 44. The summed E-state index contributed by atoms with van der Waals surface area (Å²) in [5, 5.41) is 3.49. The van der Waals surface area contributed by atoms with E-state index in [0.717, 1.165) is 25.8 Å². The van der Waals surface area contributed by atoms with E-state index in [-0.39, 0.29) is 22.5 Å². The van der Waals surface area contributed by atoms with E-state index in [1.807, 2.05) is 0 Å². The topological polar surface area (TPSA) is 47.6 Å². The summed E-state index contributed by atoms with van der Waals surface area (Å²) in [7, 11) is 1.77. The molecule has 0 saturated carbocycles. The lowest BCUT2D eigenvalue weighted by molar-refractivity contribution is -0.132. The second kappa shape index (κ2) is 35.9. The fourth-order valence-corrected chi connectivity index (χ4v) is 9.65. The summed E-state index contributed by atoms with van der Waals surface area (Å²) >= 11 is 0. The third-order valence-corrected chi connectivity index (χ3v) is 13.2. The van der Waals surface area contributed by atoms with E-state index in [9.17, 15) is 4.79 Å². The van der Waals surface area contributed by atoms with E-state index in [2.05, 4.69) is 74.6 Å². The minimum Gasteiger partial charge on any atom is -0.379 e. The Balaban J connectivity index is 4.71. The van der Waals surface area contributed by atoms with Gasteiger partial charge in [-0.25, -0.2) is 0 Å². The van der Waals surface area contributed by atoms with E-state index in [1.165, 1.54) is 205 Å². The van der Waals surface area contributed by atoms with Gasteiger partial charge in [-0.1, -0.05) is 234 Å². The van der Waals surface area contributed by atoms with E-state index < -0.39 is 5.41 Å². The highest BCUT2D eigenvalue weighted by Gasteiger charge is 2.38. The van der Waals surface area contributed by atoms with Crippen LogP contribution in [0, 0.1) is 16.7 Å². The monoisotopic (exact) mass is 820 g/mol. The first-order chi connectivity index (χ1) is 27.6. The fraction of sp³-hybridized carbons (Fsp3) is 0.981. The van der Waals surface area contributed by atoms with Crippen molar-refractivity contribution in [1.82, 2.24) is 5.32 Å². The Labute approximate surface area is 366 Å². The molecule has 0 spiro atoms. The van der Waals surface area contributed by atoms with Crippen molar-refractivity contribution in [1.29, 1.82) is 0 Å². The molecule has 1 N–H and O–H groups in total. The molecule has 0 fully saturated rings. The standard InChI is InChI=1S/C54H109NO3/c1-12-14-16-18-20-22-24-26-28-30-32-34-36-38-40-42-49(43-41-39-37-35-33-31-29-27-25-23-21-19-17-15-13-2)46-55-50(56)52(5,6)47-51(3,4)48-54(9,10)58-45-44-53(7,8)57-11/h49H,12-48H2,1-11H3,(H,55,56). The van der Waals surface area contributed by atoms with Gasteiger partial charge < -0.3 is 14.8 Å². The molecule has 348 valence electrons. The molecule has 0 aliphatic rings. The SMILES string of the molecule is CCCCCCCCCCCCCCCCCC(CCCCCCCCCCCCCCCCC)CNC(=O)C(C)(C)CC(C)(C)CC(C)(C)OCCC(C)(C)OC. The highest BCUT2D eigenvalue weighted by molar-refractivity contribution is 5.81. The third-order valence-electron chi connectivity index (χ3n) is 13.2. The van der Waals surface area contributed by atoms with E-state index >= 15 is 0 Å². The first kappa shape index (κ1) is 57.4. The van der Waals surface area contributed by atoms with Gasteiger partial charge in [-0.3, -0.25) is 4.79 Å². The van der Waals surface area contributed by atoms with Crippen molar-refractivity contribution in [3.05, 3.63) is 0 Å². The van der Waals surface area contributed by atoms with Crippen molar-refractivity contribution >= 4 is 5.91 Å². The van der Waals surface area contributed by atoms with Crippen LogP contribution in [0.15, 0.2) is 0 Å². The molecule has 0 unspecified atom stereocenters. The van der Waals surface area contributed by atoms with Gasteiger partial charge in [-0.15, -0.1) is 0 Å². The van der Waals surface area contributed by atoms with Crippen LogP contribution in [0.1, 0.15) is 294 Å². The third kappa shape index (κ3) is 36.1. The Morgan fingerprint density at radius 2 is 0.793 bits per heavy atom. The van der Waals surface area contributed by atoms with Crippen LogP contribution in [0.2, 0.25) is 0 Å². The van der Waals surface area contributed by atoms with Crippen molar-refractivity contribution in [2.24, 2.45) is 16.7 Å². The van der Waals surface area contributed by atoms with E-state index in [4.69, 9.17) is 9.47 Å². The molecular formula is C54H109NO3. The second-order valence-corrected chi connectivity index (χ2v) is 21.8. The molecule has 58 heavy (non-hydrogen) atoms. The molecular weight excluding hydrogens is 711 g/mol. The summed E-state index contributed by atoms with van der Waals surface area (Å²) in [4.78, 5) is 13.8. The summed E-state index contributed by atoms with van der Waals surface area (Å²) < 4.78 is 12.0. The van der Waals surface area contributed by atoms with Crippen LogP contribution in [0.5, 0.6) is 0 Å². The lowest BCUT2D eigenvalue weighted by Crippen LogP contribution is -2.43. The number of hydrogen-bond acceptors (Lipinski definition) is 3. The van der Waals surface area contributed by atoms with E-state index in [0.29, 0.717) is 12.5 Å². The zero-order valence-electron chi connectivity index (χ0n) is 42.0. The Morgan fingerprint density at radius 3 is 1.12 bits per heavy atom. The molecule has 4 nitrogen and oxygen atoms in total. The van der Waals surface area contributed by atoms with Gasteiger partial charge in [-0.05, 0) is 71.1 Å². The highest BCUT2D eigenvalue weighted by atomic mass is 16.5. The van der Waals surface area contributed by atoms with Crippen LogP contribution < -0.4 is 5.32 Å². The molecule has 0 radical (unpaired) electrons. The summed E-state index contributed by atoms with van der Waals surface area (Å²) in [6.07, 6.45) is 47.4. The molecule has 0 aromatic carbocycles. The molecule has 0 aromatic heterocycles. The van der Waals surface area contributed by atoms with Gasteiger partial charge in [0.05, 0.1) is 17.8 Å². The number of unbranched alkanes of at least 4 members (excludes halogenated alkanes) is 28. The van der Waals surface area contributed by atoms with Gasteiger partial charge in [0.25, 0.3) is 0 Å². The van der Waals surface area contributed by atoms with Gasteiger partial charge in [0.2, 0.25) is 5.91 Å². The van der Waals surface area contributed by atoms with Gasteiger partial charge in [0, 0.05) is 19.1 Å². The maximum atomic E-state index is 13.8. The number of carbonyl (C=O) groups excluding carboxylic acids is 1. The van der Waals surface area contributed by atoms with Crippen molar-refractivity contribution < 1.29 is 14.3 Å². The van der Waals surface area contributed by atoms with Crippen molar-refractivity contribution in [3.8, 4) is 0 Å². The molecule has 0 bridgehead atoms. The fourth-order valence-electron chi connectivity index (χ4n) is 9.65. The average Bonchev–Trinajstić information content (AvgIpc) is 3.15. The van der Waals surface area contributed by atoms with Gasteiger partial charge in [-0.2, -0.15) is 0 Å². The van der Waals surface area contributed by atoms with Crippen LogP contribution in [0.25, 0.3) is 0 Å². The van der Waals surface area contributed by atoms with Crippen LogP contribution in [-0.2, 0) is 14.3 Å². The first-order valence-electron chi connectivity index (χ1n) is 26.1. The Morgan fingerprint density at radius 1 is 0.466 bits per heavy atom. The lowest BCUT2D eigenvalue weighted by Gasteiger charge is -2.40. The maximum absolute atomic E-state index is 13.8. The molecule has 1 amide bonds. The predicted octanol–water partition coefficient (Wildman–Crippen LogP) is 17.7. The molecule has 0 atom stereocenters. The number of carbonyl (C=O) groups is 1. The zero-order chi connectivity index (χ0) is 43.4. The molecule has 0 aromatic rings. The number of nitrogens with one attached hydrogen (secondary N) is 1. The van der Waals surface area contributed by atoms with Crippen molar-refractivity contribution in [2.75, 3.05) is 20.3 Å². The number of amides is 1. The minimum atomic E-state index is -0.425. The van der Waals surface area contributed by atoms with Gasteiger partial charge in [0.1, 0.15) is 0 Å². The Hall–Kier alpha value is -0.610. The largest absolute Gasteiger partial charge is 0.379 e. The molecule has 0 rings (SSSR count). The maximum Gasteiger partial charge on any atom is 0.225 e. The Kier molecular flexibility index (Phi) is 35.6. The zero-order valence-corrected chi connectivity index (χ0v) is 42.0. The minimum absolute atomic E-state index is 0.0255. The molecule has 0 aliphatic carbocycles. The van der Waals surface area contributed by atoms with Crippen LogP contribution in [0.3, 0.4) is 0 Å². The summed E-state index contributed by atoms with van der Waals surface area (Å²) in [5.74, 6) is 0.819. The molecule has 0 aliphatic heterocycles. The number of ether oxygens (including phenoxy) is 2. The lowest BCUT2D eigenvalue weighted by atomic mass is 9.70. The van der Waals surface area contributed by atoms with Gasteiger partial charge in [0.15, 0.2) is 0 Å². The Bertz CT molecular complexity index is 874. The predicted molar refractivity (Wildman–Crippen MR) is 258 cm³/mol.